The highest BCUT2D eigenvalue weighted by Crippen LogP contribution is 2.55. The van der Waals surface area contributed by atoms with E-state index in [1.165, 1.54) is 32.1 Å². The van der Waals surface area contributed by atoms with Crippen LogP contribution in [0.25, 0.3) is 0 Å². The van der Waals surface area contributed by atoms with Crippen LogP contribution in [-0.2, 0) is 0 Å². The van der Waals surface area contributed by atoms with E-state index in [4.69, 9.17) is 12.6 Å². The normalized spacial score (nSPS) is 39.1. The second-order valence-electron chi connectivity index (χ2n) is 9.81. The number of thiol groups is 1. The lowest BCUT2D eigenvalue weighted by Gasteiger charge is -2.53. The van der Waals surface area contributed by atoms with Crippen molar-refractivity contribution in [1.82, 2.24) is 0 Å². The van der Waals surface area contributed by atoms with Gasteiger partial charge in [-0.2, -0.15) is 12.6 Å². The van der Waals surface area contributed by atoms with E-state index < -0.39 is 0 Å². The average Bonchev–Trinajstić information content (AvgIpc) is 2.70. The lowest BCUT2D eigenvalue weighted by molar-refractivity contribution is 0.00126. The van der Waals surface area contributed by atoms with Gasteiger partial charge in [-0.3, -0.25) is 0 Å². The molecule has 0 heterocycles. The first-order chi connectivity index (χ1) is 9.52. The van der Waals surface area contributed by atoms with E-state index >= 15 is 0 Å². The molecule has 0 aromatic rings. The van der Waals surface area contributed by atoms with Gasteiger partial charge in [-0.05, 0) is 66.6 Å². The smallest absolute Gasteiger partial charge is 0.0106 e. The first-order valence-corrected chi connectivity index (χ1v) is 9.69. The second-order valence-corrected chi connectivity index (χ2v) is 11.0. The van der Waals surface area contributed by atoms with Gasteiger partial charge in [-0.1, -0.05) is 54.9 Å². The number of rotatable bonds is 5. The highest BCUT2D eigenvalue weighted by atomic mass is 32.1. The minimum absolute atomic E-state index is 0.184. The van der Waals surface area contributed by atoms with Crippen LogP contribution in [0.3, 0.4) is 0 Å². The van der Waals surface area contributed by atoms with Crippen molar-refractivity contribution in [3.05, 3.63) is 0 Å². The molecule has 6 atom stereocenters. The Labute approximate surface area is 139 Å². The molecule has 124 valence electrons. The van der Waals surface area contributed by atoms with Crippen LogP contribution in [0.4, 0.5) is 0 Å². The lowest BCUT2D eigenvalue weighted by atomic mass is 9.55. The Balaban J connectivity index is 1.97. The van der Waals surface area contributed by atoms with Gasteiger partial charge in [0.05, 0.1) is 0 Å². The molecule has 2 rings (SSSR count). The second kappa shape index (κ2) is 6.10. The van der Waals surface area contributed by atoms with Crippen molar-refractivity contribution in [2.75, 3.05) is 0 Å². The van der Waals surface area contributed by atoms with Crippen LogP contribution in [0.1, 0.15) is 80.6 Å². The molecular weight excluding hydrogens is 272 g/mol. The third kappa shape index (κ3) is 3.82. The molecule has 1 heteroatoms. The highest BCUT2D eigenvalue weighted by molar-refractivity contribution is 7.81. The topological polar surface area (TPSA) is 0 Å². The zero-order valence-electron chi connectivity index (χ0n) is 15.4. The van der Waals surface area contributed by atoms with Gasteiger partial charge in [-0.25, -0.2) is 0 Å². The Bertz CT molecular complexity index is 351. The van der Waals surface area contributed by atoms with Gasteiger partial charge in [0.1, 0.15) is 0 Å². The fraction of sp³-hybridized carbons (Fsp3) is 1.00. The van der Waals surface area contributed by atoms with Crippen LogP contribution in [-0.4, -0.2) is 4.75 Å². The molecule has 2 saturated carbocycles. The summed E-state index contributed by atoms with van der Waals surface area (Å²) in [5.41, 5.74) is 0.483. The number of hydrogen-bond donors (Lipinski definition) is 1. The summed E-state index contributed by atoms with van der Waals surface area (Å²) in [7, 11) is 0. The number of hydrogen-bond acceptors (Lipinski definition) is 1. The van der Waals surface area contributed by atoms with Gasteiger partial charge < -0.3 is 0 Å². The fourth-order valence-corrected chi connectivity index (χ4v) is 6.19. The van der Waals surface area contributed by atoms with Gasteiger partial charge in [0.2, 0.25) is 0 Å². The molecule has 0 spiro atoms. The molecule has 0 aromatic carbocycles. The first kappa shape index (κ1) is 17.7. The maximum absolute atomic E-state index is 4.90. The lowest BCUT2D eigenvalue weighted by Crippen LogP contribution is -2.48. The molecule has 0 aliphatic heterocycles. The van der Waals surface area contributed by atoms with Crippen molar-refractivity contribution in [2.24, 2.45) is 40.9 Å². The molecule has 2 aliphatic rings. The Morgan fingerprint density at radius 1 is 1.05 bits per heavy atom. The third-order valence-electron chi connectivity index (χ3n) is 7.07. The molecule has 0 bridgehead atoms. The summed E-state index contributed by atoms with van der Waals surface area (Å²) in [4.78, 5) is 0. The maximum Gasteiger partial charge on any atom is 0.0106 e. The molecule has 0 saturated heterocycles. The van der Waals surface area contributed by atoms with E-state index in [9.17, 15) is 0 Å². The Morgan fingerprint density at radius 3 is 2.10 bits per heavy atom. The summed E-state index contributed by atoms with van der Waals surface area (Å²) >= 11 is 4.90. The van der Waals surface area contributed by atoms with E-state index in [0.717, 1.165) is 35.5 Å². The molecule has 0 amide bonds. The molecule has 0 aromatic heterocycles. The van der Waals surface area contributed by atoms with Crippen LogP contribution >= 0.6 is 12.6 Å². The summed E-state index contributed by atoms with van der Waals surface area (Å²) in [6.07, 6.45) is 7.21. The molecule has 21 heavy (non-hydrogen) atoms. The summed E-state index contributed by atoms with van der Waals surface area (Å²) < 4.78 is 0.184. The average molecular weight is 311 g/mol. The van der Waals surface area contributed by atoms with Crippen LogP contribution in [0.5, 0.6) is 0 Å². The standard InChI is InChI=1S/C20H38S/c1-13-8-9-16(10-13)15(3)19(4,5)12-17-11-14(2)18(17)20(6,7)21/h13-18,21H,8-12H2,1-7H3. The molecule has 0 N–H and O–H groups in total. The van der Waals surface area contributed by atoms with Gasteiger partial charge in [0.25, 0.3) is 0 Å². The molecule has 6 unspecified atom stereocenters. The maximum atomic E-state index is 4.90. The SMILES string of the molecule is CC1CCC(C(C)C(C)(C)CC2CC(C)C2C(C)(C)S)C1. The van der Waals surface area contributed by atoms with E-state index in [2.05, 4.69) is 48.5 Å². The van der Waals surface area contributed by atoms with Crippen molar-refractivity contribution in [3.63, 3.8) is 0 Å². The van der Waals surface area contributed by atoms with Crippen molar-refractivity contribution in [1.29, 1.82) is 0 Å². The predicted octanol–water partition coefficient (Wildman–Crippen LogP) is 6.46. The summed E-state index contributed by atoms with van der Waals surface area (Å²) in [5.74, 6) is 5.34. The summed E-state index contributed by atoms with van der Waals surface area (Å²) in [6, 6.07) is 0. The summed E-state index contributed by atoms with van der Waals surface area (Å²) in [5, 5.41) is 0. The van der Waals surface area contributed by atoms with Crippen LogP contribution in [0.2, 0.25) is 0 Å². The van der Waals surface area contributed by atoms with Crippen molar-refractivity contribution >= 4 is 12.6 Å². The molecular formula is C20H38S. The van der Waals surface area contributed by atoms with Crippen LogP contribution < -0.4 is 0 Å². The Morgan fingerprint density at radius 2 is 1.67 bits per heavy atom. The molecule has 2 aliphatic carbocycles. The minimum atomic E-state index is 0.184. The van der Waals surface area contributed by atoms with E-state index in [1.54, 1.807) is 0 Å². The van der Waals surface area contributed by atoms with E-state index in [1.807, 2.05) is 0 Å². The Kier molecular flexibility index (Phi) is 5.14. The largest absolute Gasteiger partial charge is 0.173 e. The van der Waals surface area contributed by atoms with Crippen LogP contribution in [0.15, 0.2) is 0 Å². The zero-order chi connectivity index (χ0) is 16.0. The van der Waals surface area contributed by atoms with E-state index in [0.29, 0.717) is 5.41 Å². The Hall–Kier alpha value is 0.350. The van der Waals surface area contributed by atoms with Crippen molar-refractivity contribution < 1.29 is 0 Å². The molecule has 0 nitrogen and oxygen atoms in total. The van der Waals surface area contributed by atoms with Crippen LogP contribution in [0, 0.1) is 40.9 Å². The van der Waals surface area contributed by atoms with Crippen molar-refractivity contribution in [2.45, 2.75) is 85.3 Å². The monoisotopic (exact) mass is 310 g/mol. The van der Waals surface area contributed by atoms with Gasteiger partial charge in [-0.15, -0.1) is 0 Å². The quantitative estimate of drug-likeness (QED) is 0.554. The third-order valence-corrected chi connectivity index (χ3v) is 7.37. The van der Waals surface area contributed by atoms with E-state index in [-0.39, 0.29) is 4.75 Å². The van der Waals surface area contributed by atoms with Gasteiger partial charge >= 0.3 is 0 Å². The molecule has 2 fully saturated rings. The zero-order valence-corrected chi connectivity index (χ0v) is 16.3. The van der Waals surface area contributed by atoms with Gasteiger partial charge in [0, 0.05) is 4.75 Å². The van der Waals surface area contributed by atoms with Crippen molar-refractivity contribution in [3.8, 4) is 0 Å². The van der Waals surface area contributed by atoms with Gasteiger partial charge in [0.15, 0.2) is 0 Å². The summed E-state index contributed by atoms with van der Waals surface area (Å²) in [6.45, 7) is 17.1. The highest BCUT2D eigenvalue weighted by Gasteiger charge is 2.48. The fourth-order valence-electron chi connectivity index (χ4n) is 5.73. The minimum Gasteiger partial charge on any atom is -0.173 e. The molecule has 0 radical (unpaired) electrons. The predicted molar refractivity (Wildman–Crippen MR) is 97.9 cm³/mol. The first-order valence-electron chi connectivity index (χ1n) is 9.24.